The van der Waals surface area contributed by atoms with Gasteiger partial charge in [-0.3, -0.25) is 9.78 Å². The van der Waals surface area contributed by atoms with E-state index in [1.807, 2.05) is 65.8 Å². The number of rotatable bonds is 4. The van der Waals surface area contributed by atoms with Crippen molar-refractivity contribution in [3.05, 3.63) is 84.4 Å². The van der Waals surface area contributed by atoms with Crippen LogP contribution >= 0.6 is 0 Å². The predicted molar refractivity (Wildman–Crippen MR) is 145 cm³/mol. The first-order chi connectivity index (χ1) is 16.4. The van der Waals surface area contributed by atoms with E-state index in [1.165, 1.54) is 22.4 Å². The zero-order chi connectivity index (χ0) is 25.8. The molecule has 0 fully saturated rings. The zero-order valence-corrected chi connectivity index (χ0v) is 24.5. The van der Waals surface area contributed by atoms with Gasteiger partial charge in [-0.1, -0.05) is 71.4 Å². The minimum Gasteiger partial charge on any atom is -0.512 e. The summed E-state index contributed by atoms with van der Waals surface area (Å²) in [6, 6.07) is 21.8. The number of aromatic nitrogens is 2. The molecule has 4 nitrogen and oxygen atoms in total. The second kappa shape index (κ2) is 11.9. The molecule has 36 heavy (non-hydrogen) atoms. The predicted octanol–water partition coefficient (Wildman–Crippen LogP) is 8.04. The molecule has 1 aromatic heterocycles. The normalized spacial score (nSPS) is 12.0. The van der Waals surface area contributed by atoms with Crippen LogP contribution in [0.25, 0.3) is 32.9 Å². The number of ketones is 1. The smallest absolute Gasteiger partial charge is 0.164 e. The third-order valence-electron chi connectivity index (χ3n) is 6.33. The van der Waals surface area contributed by atoms with Crippen LogP contribution in [0.15, 0.2) is 72.8 Å². The van der Waals surface area contributed by atoms with Gasteiger partial charge in [-0.05, 0) is 35.9 Å². The van der Waals surface area contributed by atoms with Gasteiger partial charge in [0, 0.05) is 42.4 Å². The van der Waals surface area contributed by atoms with Crippen LogP contribution in [-0.2, 0) is 24.9 Å². The Labute approximate surface area is 228 Å². The Hall–Kier alpha value is -2.88. The summed E-state index contributed by atoms with van der Waals surface area (Å²) >= 11 is 0. The summed E-state index contributed by atoms with van der Waals surface area (Å²) in [5.74, 6) is 0.149. The van der Waals surface area contributed by atoms with Gasteiger partial charge < -0.3 is 5.11 Å². The molecule has 0 aliphatic carbocycles. The first-order valence-electron chi connectivity index (χ1n) is 12.0. The van der Waals surface area contributed by atoms with E-state index in [0.717, 1.165) is 28.6 Å². The van der Waals surface area contributed by atoms with E-state index < -0.39 is 0 Å². The van der Waals surface area contributed by atoms with Crippen molar-refractivity contribution in [2.24, 2.45) is 10.8 Å². The van der Waals surface area contributed by atoms with Crippen LogP contribution in [0.1, 0.15) is 53.5 Å². The Morgan fingerprint density at radius 3 is 2.31 bits per heavy atom. The summed E-state index contributed by atoms with van der Waals surface area (Å²) < 4.78 is 0. The average molecular weight is 660 g/mol. The summed E-state index contributed by atoms with van der Waals surface area (Å²) in [7, 11) is 0. The SMILES string of the molecule is CCC(C)(C)C(=O)/C=C(\O)C(C)(C)C.Cc1ccc2ccc3c(-c4[c-]cccc4)ncnc3c2c1.[Ir]. The van der Waals surface area contributed by atoms with Crippen LogP contribution < -0.4 is 0 Å². The van der Waals surface area contributed by atoms with Gasteiger partial charge in [0.2, 0.25) is 0 Å². The first-order valence-corrected chi connectivity index (χ1v) is 12.0. The number of allylic oxidation sites excluding steroid dienone is 2. The number of benzene rings is 3. The van der Waals surface area contributed by atoms with Gasteiger partial charge in [0.25, 0.3) is 0 Å². The second-order valence-corrected chi connectivity index (χ2v) is 10.6. The van der Waals surface area contributed by atoms with E-state index >= 15 is 0 Å². The molecule has 3 aromatic carbocycles. The van der Waals surface area contributed by atoms with Crippen molar-refractivity contribution in [2.75, 3.05) is 0 Å². The molecule has 5 heteroatoms. The number of hydrogen-bond donors (Lipinski definition) is 1. The quantitative estimate of drug-likeness (QED) is 0.104. The van der Waals surface area contributed by atoms with Crippen LogP contribution in [0.5, 0.6) is 0 Å². The van der Waals surface area contributed by atoms with Crippen LogP contribution in [-0.4, -0.2) is 20.9 Å². The number of fused-ring (bicyclic) bond motifs is 3. The molecular formula is C31H35IrN2O2-. The maximum absolute atomic E-state index is 11.7. The van der Waals surface area contributed by atoms with E-state index in [-0.39, 0.29) is 42.5 Å². The van der Waals surface area contributed by atoms with Gasteiger partial charge in [-0.2, -0.15) is 0 Å². The van der Waals surface area contributed by atoms with Gasteiger partial charge in [-0.25, -0.2) is 4.98 Å². The molecule has 0 unspecified atom stereocenters. The largest absolute Gasteiger partial charge is 0.512 e. The Morgan fingerprint density at radius 2 is 1.69 bits per heavy atom. The summed E-state index contributed by atoms with van der Waals surface area (Å²) in [4.78, 5) is 20.7. The maximum Gasteiger partial charge on any atom is 0.164 e. The van der Waals surface area contributed by atoms with E-state index in [9.17, 15) is 9.90 Å². The number of carbonyl (C=O) groups excluding carboxylic acids is 1. The van der Waals surface area contributed by atoms with Crippen LogP contribution in [0, 0.1) is 23.8 Å². The van der Waals surface area contributed by atoms with Gasteiger partial charge in [-0.15, -0.1) is 35.9 Å². The molecule has 4 rings (SSSR count). The monoisotopic (exact) mass is 660 g/mol. The van der Waals surface area contributed by atoms with E-state index in [2.05, 4.69) is 53.3 Å². The molecular weight excluding hydrogens is 625 g/mol. The van der Waals surface area contributed by atoms with Crippen molar-refractivity contribution in [3.63, 3.8) is 0 Å². The minimum atomic E-state index is -0.376. The molecule has 0 bridgehead atoms. The van der Waals surface area contributed by atoms with E-state index in [1.54, 1.807) is 6.33 Å². The fourth-order valence-corrected chi connectivity index (χ4v) is 3.43. The molecule has 0 aliphatic heterocycles. The molecule has 1 N–H and O–H groups in total. The van der Waals surface area contributed by atoms with Gasteiger partial charge in [0.1, 0.15) is 12.1 Å². The summed E-state index contributed by atoms with van der Waals surface area (Å²) in [5, 5.41) is 13.1. The Balaban J connectivity index is 0.000000270. The molecule has 0 saturated heterocycles. The number of hydrogen-bond acceptors (Lipinski definition) is 4. The first kappa shape index (κ1) is 29.4. The number of aliphatic hydroxyl groups is 1. The Bertz CT molecular complexity index is 1370. The van der Waals surface area contributed by atoms with Gasteiger partial charge in [0.15, 0.2) is 5.78 Å². The zero-order valence-electron chi connectivity index (χ0n) is 22.1. The standard InChI is InChI=1S/C19H13N2.C12H22O2.Ir/c1-13-7-8-14-9-10-16-18(15-5-3-2-4-6-15)20-12-21-19(16)17(14)11-13;1-7-12(5,6)10(14)8-9(13)11(2,3)4;/h2-5,7-12H,1H3;8,13H,7H2,1-6H3;/q-1;;/b;9-8-;. The van der Waals surface area contributed by atoms with Crippen molar-refractivity contribution in [1.82, 2.24) is 9.97 Å². The number of aliphatic hydroxyl groups excluding tert-OH is 1. The molecule has 0 saturated carbocycles. The average Bonchev–Trinajstić information content (AvgIpc) is 2.83. The third kappa shape index (κ3) is 6.87. The molecule has 0 atom stereocenters. The fourth-order valence-electron chi connectivity index (χ4n) is 3.43. The number of nitrogens with zero attached hydrogens (tertiary/aromatic N) is 2. The molecule has 1 heterocycles. The van der Waals surface area contributed by atoms with Crippen molar-refractivity contribution >= 4 is 27.5 Å². The van der Waals surface area contributed by atoms with Crippen molar-refractivity contribution in [2.45, 2.75) is 54.9 Å². The van der Waals surface area contributed by atoms with E-state index in [4.69, 9.17) is 0 Å². The molecule has 0 aliphatic rings. The summed E-state index contributed by atoms with van der Waals surface area (Å²) in [6.07, 6.45) is 3.78. The number of aryl methyl sites for hydroxylation is 1. The van der Waals surface area contributed by atoms with Crippen molar-refractivity contribution in [3.8, 4) is 11.3 Å². The van der Waals surface area contributed by atoms with Crippen molar-refractivity contribution in [1.29, 1.82) is 0 Å². The summed E-state index contributed by atoms with van der Waals surface area (Å²) in [6.45, 7) is 13.5. The van der Waals surface area contributed by atoms with Gasteiger partial charge >= 0.3 is 0 Å². The topological polar surface area (TPSA) is 63.1 Å². The molecule has 1 radical (unpaired) electrons. The van der Waals surface area contributed by atoms with Crippen molar-refractivity contribution < 1.29 is 30.0 Å². The fraction of sp³-hybridized carbons (Fsp3) is 0.323. The molecule has 4 aromatic rings. The molecule has 191 valence electrons. The summed E-state index contributed by atoms with van der Waals surface area (Å²) in [5.41, 5.74) is 3.44. The molecule has 0 amide bonds. The second-order valence-electron chi connectivity index (χ2n) is 10.6. The Kier molecular flexibility index (Phi) is 9.70. The third-order valence-corrected chi connectivity index (χ3v) is 6.33. The maximum atomic E-state index is 11.7. The van der Waals surface area contributed by atoms with Gasteiger partial charge in [0.05, 0.1) is 5.52 Å². The van der Waals surface area contributed by atoms with Crippen LogP contribution in [0.3, 0.4) is 0 Å². The minimum absolute atomic E-state index is 0. The van der Waals surface area contributed by atoms with Crippen LogP contribution in [0.2, 0.25) is 0 Å². The number of carbonyl (C=O) groups is 1. The van der Waals surface area contributed by atoms with Crippen LogP contribution in [0.4, 0.5) is 0 Å². The molecule has 0 spiro atoms. The van der Waals surface area contributed by atoms with E-state index in [0.29, 0.717) is 0 Å². The Morgan fingerprint density at radius 1 is 1.00 bits per heavy atom.